The summed E-state index contributed by atoms with van der Waals surface area (Å²) in [5.41, 5.74) is 1.58. The lowest BCUT2D eigenvalue weighted by Crippen LogP contribution is -2.57. The fraction of sp³-hybridized carbons (Fsp3) is 0.444. The van der Waals surface area contributed by atoms with Gasteiger partial charge in [0.15, 0.2) is 11.5 Å². The molecule has 2 aliphatic heterocycles. The highest BCUT2D eigenvalue weighted by Gasteiger charge is 2.30. The Labute approximate surface area is 286 Å². The first kappa shape index (κ1) is 35.3. The molecule has 2 aliphatic rings. The van der Waals surface area contributed by atoms with E-state index in [0.29, 0.717) is 0 Å². The van der Waals surface area contributed by atoms with Crippen molar-refractivity contribution in [2.45, 2.75) is 70.1 Å². The van der Waals surface area contributed by atoms with Crippen LogP contribution in [-0.4, -0.2) is 95.3 Å². The minimum absolute atomic E-state index is 0.0320. The molecule has 2 aromatic carbocycles. The van der Waals surface area contributed by atoms with Crippen molar-refractivity contribution in [2.75, 3.05) is 32.7 Å². The molecule has 1 saturated heterocycles. The van der Waals surface area contributed by atoms with E-state index in [-0.39, 0.29) is 56.4 Å². The topological polar surface area (TPSA) is 166 Å². The van der Waals surface area contributed by atoms with Gasteiger partial charge in [0.25, 0.3) is 5.91 Å². The monoisotopic (exact) mass is 671 g/mol. The number of aromatic nitrogens is 1. The molecule has 2 bridgehead atoms. The molecule has 5 rings (SSSR count). The quantitative estimate of drug-likeness (QED) is 0.307. The Hall–Kier alpha value is -5.04. The van der Waals surface area contributed by atoms with Gasteiger partial charge in [-0.15, -0.1) is 0 Å². The number of rotatable bonds is 6. The lowest BCUT2D eigenvalue weighted by molar-refractivity contribution is -0.134. The molecule has 0 unspecified atom stereocenters. The van der Waals surface area contributed by atoms with Crippen LogP contribution in [0.3, 0.4) is 0 Å². The van der Waals surface area contributed by atoms with Gasteiger partial charge in [0, 0.05) is 32.0 Å². The van der Waals surface area contributed by atoms with Crippen molar-refractivity contribution < 1.29 is 28.5 Å². The van der Waals surface area contributed by atoms with E-state index in [1.54, 1.807) is 4.90 Å². The Morgan fingerprint density at radius 1 is 0.776 bits per heavy atom. The zero-order chi connectivity index (χ0) is 34.6. The van der Waals surface area contributed by atoms with Crippen LogP contribution in [0, 0.1) is 0 Å². The predicted molar refractivity (Wildman–Crippen MR) is 181 cm³/mol. The minimum Gasteiger partial charge on any atom is -0.359 e. The molecule has 1 aromatic heterocycles. The maximum Gasteiger partial charge on any atom is 0.274 e. The van der Waals surface area contributed by atoms with Gasteiger partial charge >= 0.3 is 0 Å². The largest absolute Gasteiger partial charge is 0.359 e. The average Bonchev–Trinajstić information content (AvgIpc) is 3.42. The predicted octanol–water partition coefficient (Wildman–Crippen LogP) is 1.58. The highest BCUT2D eigenvalue weighted by Crippen LogP contribution is 2.13. The van der Waals surface area contributed by atoms with Crippen LogP contribution in [-0.2, 0) is 38.6 Å². The zero-order valence-corrected chi connectivity index (χ0v) is 27.9. The second-order valence-corrected chi connectivity index (χ2v) is 12.7. The van der Waals surface area contributed by atoms with Crippen molar-refractivity contribution in [1.29, 1.82) is 0 Å². The molecule has 0 spiro atoms. The summed E-state index contributed by atoms with van der Waals surface area (Å²) in [7, 11) is 0. The number of likely N-dealkylation sites (tertiary alicyclic amines) is 1. The van der Waals surface area contributed by atoms with E-state index in [1.807, 2.05) is 60.7 Å². The maximum atomic E-state index is 13.8. The Morgan fingerprint density at radius 3 is 2.00 bits per heavy atom. The summed E-state index contributed by atoms with van der Waals surface area (Å²) >= 11 is 0. The third-order valence-electron chi connectivity index (χ3n) is 8.80. The molecule has 0 aliphatic carbocycles. The molecule has 13 heteroatoms. The molecule has 0 saturated carbocycles. The maximum absolute atomic E-state index is 13.8. The number of hydrogen-bond donors (Lipinski definition) is 4. The number of nitrogens with zero attached hydrogens (tertiary/aromatic N) is 3. The number of hydrogen-bond acceptors (Lipinski definition) is 8. The van der Waals surface area contributed by atoms with E-state index in [4.69, 9.17) is 4.52 Å². The summed E-state index contributed by atoms with van der Waals surface area (Å²) in [6, 6.07) is 16.9. The van der Waals surface area contributed by atoms with Gasteiger partial charge in [0.1, 0.15) is 18.1 Å². The summed E-state index contributed by atoms with van der Waals surface area (Å²) in [4.78, 5) is 71.3. The highest BCUT2D eigenvalue weighted by molar-refractivity contribution is 5.97. The third kappa shape index (κ3) is 10.5. The molecule has 1 fully saturated rings. The number of benzene rings is 2. The summed E-state index contributed by atoms with van der Waals surface area (Å²) in [5.74, 6) is -2.06. The first-order valence-corrected chi connectivity index (χ1v) is 17.0. The zero-order valence-electron chi connectivity index (χ0n) is 27.9. The molecule has 13 nitrogen and oxygen atoms in total. The second-order valence-electron chi connectivity index (χ2n) is 12.7. The third-order valence-corrected chi connectivity index (χ3v) is 8.80. The number of amides is 5. The van der Waals surface area contributed by atoms with Crippen LogP contribution < -0.4 is 21.3 Å². The first-order valence-electron chi connectivity index (χ1n) is 17.0. The number of carbonyl (C=O) groups excluding carboxylic acids is 5. The molecular weight excluding hydrogens is 626 g/mol. The molecule has 260 valence electrons. The normalized spacial score (nSPS) is 22.1. The van der Waals surface area contributed by atoms with Gasteiger partial charge in [-0.05, 0) is 44.0 Å². The summed E-state index contributed by atoms with van der Waals surface area (Å²) in [6.45, 7) is 3.69. The van der Waals surface area contributed by atoms with Crippen LogP contribution in [0.2, 0.25) is 0 Å². The second kappa shape index (κ2) is 17.4. The lowest BCUT2D eigenvalue weighted by atomic mass is 10.0. The molecule has 3 aromatic rings. The van der Waals surface area contributed by atoms with Crippen LogP contribution in [0.5, 0.6) is 0 Å². The summed E-state index contributed by atoms with van der Waals surface area (Å²) in [6.07, 6.45) is 4.69. The van der Waals surface area contributed by atoms with Crippen molar-refractivity contribution in [3.63, 3.8) is 0 Å². The van der Waals surface area contributed by atoms with Crippen LogP contribution in [0.15, 0.2) is 71.3 Å². The summed E-state index contributed by atoms with van der Waals surface area (Å²) in [5, 5.41) is 15.0. The van der Waals surface area contributed by atoms with Crippen LogP contribution in [0.1, 0.15) is 60.0 Å². The lowest BCUT2D eigenvalue weighted by Gasteiger charge is -2.27. The molecule has 3 atom stereocenters. The highest BCUT2D eigenvalue weighted by atomic mass is 16.5. The Bertz CT molecular complexity index is 1570. The molecule has 3 heterocycles. The van der Waals surface area contributed by atoms with E-state index < -0.39 is 41.8 Å². The summed E-state index contributed by atoms with van der Waals surface area (Å²) < 4.78 is 5.44. The smallest absolute Gasteiger partial charge is 0.274 e. The van der Waals surface area contributed by atoms with Crippen molar-refractivity contribution in [1.82, 2.24) is 36.2 Å². The van der Waals surface area contributed by atoms with Crippen molar-refractivity contribution in [3.05, 3.63) is 89.3 Å². The van der Waals surface area contributed by atoms with Gasteiger partial charge in [0.05, 0.1) is 13.1 Å². The molecule has 4 N–H and O–H groups in total. The SMILES string of the molecule is C[C@@H]1NC(=O)c2cc(on2)CN(C(=O)CN2CCCCCC2)CCNC(=O)[C@@H](Cc2ccccc2)NC(=O)[C@H](Cc2ccccc2)NC1=O. The van der Waals surface area contributed by atoms with Crippen molar-refractivity contribution >= 4 is 29.5 Å². The standard InChI is InChI=1S/C36H45N7O6/c1-25-33(45)39-30(21-27-14-8-5-9-15-27)35(47)40-29(20-26-12-6-4-7-13-26)34(46)37-16-19-43(23-28-22-31(41-49-28)36(48)38-25)32(44)24-42-17-10-2-3-11-18-42/h4-9,12-15,22,25,29-30H,2-3,10-11,16-21,23-24H2,1H3,(H,37,46)(H,38,48)(H,39,45)(H,40,47)/t25-,29+,30-/m0/s1. The van der Waals surface area contributed by atoms with Crippen molar-refractivity contribution in [3.8, 4) is 0 Å². The van der Waals surface area contributed by atoms with Crippen LogP contribution in [0.4, 0.5) is 0 Å². The van der Waals surface area contributed by atoms with Gasteiger partial charge < -0.3 is 30.7 Å². The van der Waals surface area contributed by atoms with E-state index in [2.05, 4.69) is 31.3 Å². The van der Waals surface area contributed by atoms with Gasteiger partial charge in [-0.1, -0.05) is 78.7 Å². The minimum atomic E-state index is -1.05. The number of fused-ring (bicyclic) bond motifs is 2. The van der Waals surface area contributed by atoms with E-state index in [9.17, 15) is 24.0 Å². The van der Waals surface area contributed by atoms with E-state index in [1.165, 1.54) is 13.0 Å². The fourth-order valence-corrected chi connectivity index (χ4v) is 6.02. The molecule has 0 radical (unpaired) electrons. The Morgan fingerprint density at radius 2 is 1.37 bits per heavy atom. The molecule has 5 amide bonds. The van der Waals surface area contributed by atoms with Gasteiger partial charge in [0.2, 0.25) is 23.6 Å². The van der Waals surface area contributed by atoms with Crippen LogP contribution in [0.25, 0.3) is 0 Å². The first-order chi connectivity index (χ1) is 23.7. The van der Waals surface area contributed by atoms with Gasteiger partial charge in [-0.2, -0.15) is 0 Å². The van der Waals surface area contributed by atoms with Crippen molar-refractivity contribution in [2.24, 2.45) is 0 Å². The van der Waals surface area contributed by atoms with Crippen LogP contribution >= 0.6 is 0 Å². The fourth-order valence-electron chi connectivity index (χ4n) is 6.02. The van der Waals surface area contributed by atoms with E-state index >= 15 is 0 Å². The Balaban J connectivity index is 1.41. The van der Waals surface area contributed by atoms with E-state index in [0.717, 1.165) is 49.9 Å². The van der Waals surface area contributed by atoms with Gasteiger partial charge in [-0.3, -0.25) is 28.9 Å². The average molecular weight is 672 g/mol. The Kier molecular flexibility index (Phi) is 12.5. The number of nitrogens with one attached hydrogen (secondary N) is 4. The molecular formula is C36H45N7O6. The van der Waals surface area contributed by atoms with Gasteiger partial charge in [-0.25, -0.2) is 0 Å². The molecule has 49 heavy (non-hydrogen) atoms. The number of carbonyl (C=O) groups is 5.